The maximum atomic E-state index is 13.2. The van der Waals surface area contributed by atoms with Crippen LogP contribution in [-0.2, 0) is 4.79 Å². The molecule has 0 radical (unpaired) electrons. The van der Waals surface area contributed by atoms with Gasteiger partial charge in [0.05, 0.1) is 12.1 Å². The molecule has 0 aromatic carbocycles. The van der Waals surface area contributed by atoms with Crippen molar-refractivity contribution in [2.45, 2.75) is 64.7 Å². The molecule has 0 bridgehead atoms. The number of hydrogen-bond donors (Lipinski definition) is 0. The predicted molar refractivity (Wildman–Crippen MR) is 91.0 cm³/mol. The number of carbonyl (C=O) groups is 1. The molecule has 5 heteroatoms. The minimum Gasteiger partial charge on any atom is -0.425 e. The van der Waals surface area contributed by atoms with Crippen molar-refractivity contribution in [3.63, 3.8) is 0 Å². The molecule has 0 atom stereocenters. The van der Waals surface area contributed by atoms with Gasteiger partial charge in [0.1, 0.15) is 0 Å². The molecule has 1 heterocycles. The van der Waals surface area contributed by atoms with E-state index in [4.69, 9.17) is 4.74 Å². The molecule has 1 aromatic heterocycles. The Morgan fingerprint density at radius 2 is 1.68 bits per heavy atom. The molecule has 2 aliphatic carbocycles. The second-order valence-corrected chi connectivity index (χ2v) is 7.67. The molecular formula is C20H27F2NO2. The summed E-state index contributed by atoms with van der Waals surface area (Å²) >= 11 is 0. The molecular weight excluding hydrogens is 324 g/mol. The second kappa shape index (κ2) is 8.24. The quantitative estimate of drug-likeness (QED) is 0.547. The van der Waals surface area contributed by atoms with Gasteiger partial charge in [0.15, 0.2) is 11.6 Å². The highest BCUT2D eigenvalue weighted by Crippen LogP contribution is 2.42. The Hall–Kier alpha value is -1.52. The predicted octanol–water partition coefficient (Wildman–Crippen LogP) is 5.29. The van der Waals surface area contributed by atoms with Gasteiger partial charge in [-0.15, -0.1) is 0 Å². The molecule has 2 fully saturated rings. The zero-order valence-corrected chi connectivity index (χ0v) is 14.8. The van der Waals surface area contributed by atoms with Crippen molar-refractivity contribution in [1.29, 1.82) is 0 Å². The minimum atomic E-state index is -1.18. The molecule has 0 saturated heterocycles. The van der Waals surface area contributed by atoms with Crippen molar-refractivity contribution < 1.29 is 18.3 Å². The second-order valence-electron chi connectivity index (χ2n) is 7.67. The number of esters is 1. The Morgan fingerprint density at radius 1 is 1.08 bits per heavy atom. The largest absolute Gasteiger partial charge is 0.425 e. The molecule has 0 amide bonds. The number of rotatable bonds is 4. The summed E-state index contributed by atoms with van der Waals surface area (Å²) in [4.78, 5) is 15.5. The molecule has 0 unspecified atom stereocenters. The molecule has 3 rings (SSSR count). The Balaban J connectivity index is 1.47. The summed E-state index contributed by atoms with van der Waals surface area (Å²) in [6, 6.07) is 0.873. The lowest BCUT2D eigenvalue weighted by atomic mass is 9.69. The third-order valence-electron chi connectivity index (χ3n) is 6.23. The summed E-state index contributed by atoms with van der Waals surface area (Å²) < 4.78 is 31.2. The van der Waals surface area contributed by atoms with E-state index in [2.05, 4.69) is 11.9 Å². The maximum absolute atomic E-state index is 13.2. The molecule has 2 saturated carbocycles. The first-order valence-corrected chi connectivity index (χ1v) is 9.59. The highest BCUT2D eigenvalue weighted by molar-refractivity contribution is 5.75. The van der Waals surface area contributed by atoms with E-state index in [0.29, 0.717) is 0 Å². The zero-order valence-electron chi connectivity index (χ0n) is 14.8. The van der Waals surface area contributed by atoms with E-state index in [1.807, 2.05) is 0 Å². The van der Waals surface area contributed by atoms with Gasteiger partial charge in [-0.3, -0.25) is 4.79 Å². The molecule has 3 nitrogen and oxygen atoms in total. The van der Waals surface area contributed by atoms with E-state index in [1.54, 1.807) is 0 Å². The summed E-state index contributed by atoms with van der Waals surface area (Å²) in [5.41, 5.74) is 0. The van der Waals surface area contributed by atoms with E-state index in [0.717, 1.165) is 55.7 Å². The van der Waals surface area contributed by atoms with Crippen LogP contribution in [0.15, 0.2) is 12.3 Å². The summed E-state index contributed by atoms with van der Waals surface area (Å²) in [6.45, 7) is 2.28. The van der Waals surface area contributed by atoms with E-state index >= 15 is 0 Å². The SMILES string of the molecule is CCC1CCC(C2CCC(C(=O)Oc3cnc(F)c(F)c3)CC2)CC1. The summed E-state index contributed by atoms with van der Waals surface area (Å²) in [7, 11) is 0. The average molecular weight is 351 g/mol. The number of hydrogen-bond acceptors (Lipinski definition) is 3. The Labute approximate surface area is 148 Å². The highest BCUT2D eigenvalue weighted by Gasteiger charge is 2.33. The van der Waals surface area contributed by atoms with E-state index in [-0.39, 0.29) is 17.6 Å². The van der Waals surface area contributed by atoms with Crippen LogP contribution in [0.5, 0.6) is 5.75 Å². The molecule has 138 valence electrons. The average Bonchev–Trinajstić information content (AvgIpc) is 2.65. The molecule has 0 aliphatic heterocycles. The first-order valence-electron chi connectivity index (χ1n) is 9.59. The lowest BCUT2D eigenvalue weighted by molar-refractivity contribution is -0.140. The molecule has 0 N–H and O–H groups in total. The maximum Gasteiger partial charge on any atom is 0.314 e. The number of pyridine rings is 1. The Kier molecular flexibility index (Phi) is 6.02. The van der Waals surface area contributed by atoms with Crippen molar-refractivity contribution in [2.24, 2.45) is 23.7 Å². The molecule has 1 aromatic rings. The minimum absolute atomic E-state index is 0.0242. The molecule has 2 aliphatic rings. The number of carbonyl (C=O) groups excluding carboxylic acids is 1. The number of ether oxygens (including phenoxy) is 1. The van der Waals surface area contributed by atoms with Crippen LogP contribution < -0.4 is 4.74 Å². The Morgan fingerprint density at radius 3 is 2.24 bits per heavy atom. The van der Waals surface area contributed by atoms with E-state index < -0.39 is 11.8 Å². The van der Waals surface area contributed by atoms with Crippen LogP contribution in [-0.4, -0.2) is 11.0 Å². The summed E-state index contributed by atoms with van der Waals surface area (Å²) in [5, 5.41) is 0. The normalized spacial score (nSPS) is 30.0. The molecule has 25 heavy (non-hydrogen) atoms. The first kappa shape index (κ1) is 18.3. The monoisotopic (exact) mass is 351 g/mol. The third-order valence-corrected chi connectivity index (χ3v) is 6.23. The van der Waals surface area contributed by atoms with Gasteiger partial charge in [0, 0.05) is 6.07 Å². The van der Waals surface area contributed by atoms with Crippen LogP contribution in [0.25, 0.3) is 0 Å². The first-order chi connectivity index (χ1) is 12.1. The van der Waals surface area contributed by atoms with E-state index in [9.17, 15) is 13.6 Å². The summed E-state index contributed by atoms with van der Waals surface area (Å²) in [5.74, 6) is -0.342. The number of nitrogens with zero attached hydrogens (tertiary/aromatic N) is 1. The van der Waals surface area contributed by atoms with Gasteiger partial charge in [-0.05, 0) is 56.3 Å². The fourth-order valence-electron chi connectivity index (χ4n) is 4.55. The van der Waals surface area contributed by atoms with Crippen LogP contribution in [0.4, 0.5) is 8.78 Å². The van der Waals surface area contributed by atoms with Crippen LogP contribution in [0.2, 0.25) is 0 Å². The highest BCUT2D eigenvalue weighted by atomic mass is 19.2. The van der Waals surface area contributed by atoms with Crippen molar-refractivity contribution >= 4 is 5.97 Å². The zero-order chi connectivity index (χ0) is 17.8. The van der Waals surface area contributed by atoms with Gasteiger partial charge in [-0.25, -0.2) is 9.37 Å². The van der Waals surface area contributed by atoms with Gasteiger partial charge in [0.2, 0.25) is 5.95 Å². The van der Waals surface area contributed by atoms with Crippen molar-refractivity contribution in [3.05, 3.63) is 24.0 Å². The standard InChI is InChI=1S/C20H27F2NO2/c1-2-13-3-5-14(6-4-13)15-7-9-16(10-8-15)20(24)25-17-11-18(21)19(22)23-12-17/h11-16H,2-10H2,1H3. The van der Waals surface area contributed by atoms with Crippen molar-refractivity contribution in [1.82, 2.24) is 4.98 Å². The van der Waals surface area contributed by atoms with E-state index in [1.165, 1.54) is 32.1 Å². The number of halogens is 2. The smallest absolute Gasteiger partial charge is 0.314 e. The fraction of sp³-hybridized carbons (Fsp3) is 0.700. The van der Waals surface area contributed by atoms with Gasteiger partial charge >= 0.3 is 5.97 Å². The van der Waals surface area contributed by atoms with Crippen LogP contribution in [0.3, 0.4) is 0 Å². The van der Waals surface area contributed by atoms with Crippen LogP contribution in [0.1, 0.15) is 64.7 Å². The van der Waals surface area contributed by atoms with Gasteiger partial charge in [-0.1, -0.05) is 26.2 Å². The lowest BCUT2D eigenvalue weighted by Crippen LogP contribution is -2.30. The number of aromatic nitrogens is 1. The topological polar surface area (TPSA) is 39.2 Å². The molecule has 0 spiro atoms. The van der Waals surface area contributed by atoms with Gasteiger partial charge in [0.25, 0.3) is 0 Å². The van der Waals surface area contributed by atoms with Crippen LogP contribution in [0, 0.1) is 35.4 Å². The van der Waals surface area contributed by atoms with Crippen molar-refractivity contribution in [3.8, 4) is 5.75 Å². The summed E-state index contributed by atoms with van der Waals surface area (Å²) in [6.07, 6.45) is 11.5. The van der Waals surface area contributed by atoms with Crippen LogP contribution >= 0.6 is 0 Å². The van der Waals surface area contributed by atoms with Gasteiger partial charge in [-0.2, -0.15) is 4.39 Å². The Bertz CT molecular complexity index is 591. The van der Waals surface area contributed by atoms with Gasteiger partial charge < -0.3 is 4.74 Å². The fourth-order valence-corrected chi connectivity index (χ4v) is 4.55. The van der Waals surface area contributed by atoms with Crippen molar-refractivity contribution in [2.75, 3.05) is 0 Å². The lowest BCUT2D eigenvalue weighted by Gasteiger charge is -2.37. The third kappa shape index (κ3) is 4.56.